The summed E-state index contributed by atoms with van der Waals surface area (Å²) in [6.07, 6.45) is 6.50. The summed E-state index contributed by atoms with van der Waals surface area (Å²) in [5.41, 5.74) is 5.23. The number of carbonyl (C=O) groups is 2. The smallest absolute Gasteiger partial charge is 0.335 e. The van der Waals surface area contributed by atoms with Crippen molar-refractivity contribution in [1.29, 1.82) is 0 Å². The monoisotopic (exact) mass is 588 g/mol. The summed E-state index contributed by atoms with van der Waals surface area (Å²) in [5, 5.41) is 9.91. The quantitative estimate of drug-likeness (QED) is 0.301. The predicted molar refractivity (Wildman–Crippen MR) is 163 cm³/mol. The van der Waals surface area contributed by atoms with Gasteiger partial charge in [0.2, 0.25) is 5.91 Å². The molecule has 1 atom stereocenters. The molecule has 1 amide bonds. The van der Waals surface area contributed by atoms with Crippen molar-refractivity contribution in [2.24, 2.45) is 0 Å². The van der Waals surface area contributed by atoms with E-state index < -0.39 is 5.97 Å². The third-order valence-corrected chi connectivity index (χ3v) is 8.03. The molecule has 0 bridgehead atoms. The molecule has 0 saturated carbocycles. The number of likely N-dealkylation sites (tertiary alicyclic amines) is 1. The zero-order valence-electron chi connectivity index (χ0n) is 23.8. The number of amides is 1. The van der Waals surface area contributed by atoms with Crippen molar-refractivity contribution in [3.8, 4) is 5.75 Å². The molecule has 3 aromatic rings. The highest BCUT2D eigenvalue weighted by Gasteiger charge is 2.25. The standard InChI is InChI=1S/C34H34ClFN2O4/c1-37(2)32(39)7-4-17-38-18-16-27(21-38)42-26-12-8-22(9-13-26)33-28-14-10-24(34(40)41)19-23(28)5-3-6-30(33)29-15-11-25(35)20-31(29)36/h4,7-15,19-20,27H,3,5-6,16-18,21H2,1-2H3,(H,40,41)/t27-/m0/s1. The van der Waals surface area contributed by atoms with E-state index in [4.69, 9.17) is 16.3 Å². The largest absolute Gasteiger partial charge is 0.489 e. The van der Waals surface area contributed by atoms with Crippen LogP contribution in [0.4, 0.5) is 4.39 Å². The molecule has 5 rings (SSSR count). The number of likely N-dealkylation sites (N-methyl/N-ethyl adjacent to an activating group) is 1. The van der Waals surface area contributed by atoms with Gasteiger partial charge in [-0.2, -0.15) is 0 Å². The summed E-state index contributed by atoms with van der Waals surface area (Å²) >= 11 is 6.07. The van der Waals surface area contributed by atoms with Gasteiger partial charge in [-0.05, 0) is 89.9 Å². The lowest BCUT2D eigenvalue weighted by Gasteiger charge is -2.19. The number of benzene rings is 3. The number of carbonyl (C=O) groups excluding carboxylic acids is 1. The highest BCUT2D eigenvalue weighted by Crippen LogP contribution is 2.41. The SMILES string of the molecule is CN(C)C(=O)C=CCN1CC[C@H](Oc2ccc(C3=C(c4ccc(Cl)cc4F)CCCc4cc(C(=O)O)ccc43)cc2)C1. The van der Waals surface area contributed by atoms with E-state index in [-0.39, 0.29) is 23.4 Å². The van der Waals surface area contributed by atoms with Gasteiger partial charge in [0.1, 0.15) is 17.7 Å². The van der Waals surface area contributed by atoms with Gasteiger partial charge in [-0.15, -0.1) is 0 Å². The molecule has 8 heteroatoms. The number of hydrogen-bond acceptors (Lipinski definition) is 4. The summed E-state index contributed by atoms with van der Waals surface area (Å²) in [6, 6.07) is 17.8. The Morgan fingerprint density at radius 1 is 1.07 bits per heavy atom. The number of ether oxygens (including phenoxy) is 1. The van der Waals surface area contributed by atoms with Crippen LogP contribution in [0, 0.1) is 5.82 Å². The van der Waals surface area contributed by atoms with Crippen LogP contribution in [0.1, 0.15) is 51.9 Å². The fourth-order valence-electron chi connectivity index (χ4n) is 5.66. The van der Waals surface area contributed by atoms with Crippen LogP contribution in [0.2, 0.25) is 5.02 Å². The van der Waals surface area contributed by atoms with Crippen molar-refractivity contribution in [2.45, 2.75) is 31.8 Å². The second-order valence-electron chi connectivity index (χ2n) is 11.0. The zero-order chi connectivity index (χ0) is 29.8. The molecular weight excluding hydrogens is 555 g/mol. The van der Waals surface area contributed by atoms with Gasteiger partial charge in [0.05, 0.1) is 5.56 Å². The number of fused-ring (bicyclic) bond motifs is 1. The van der Waals surface area contributed by atoms with Gasteiger partial charge in [0.25, 0.3) is 0 Å². The van der Waals surface area contributed by atoms with Gasteiger partial charge in [-0.25, -0.2) is 9.18 Å². The van der Waals surface area contributed by atoms with Gasteiger partial charge in [0.15, 0.2) is 0 Å². The lowest BCUT2D eigenvalue weighted by molar-refractivity contribution is -0.123. The molecule has 42 heavy (non-hydrogen) atoms. The molecule has 2 aliphatic rings. The van der Waals surface area contributed by atoms with Gasteiger partial charge in [-0.3, -0.25) is 9.69 Å². The predicted octanol–water partition coefficient (Wildman–Crippen LogP) is 6.57. The van der Waals surface area contributed by atoms with Crippen LogP contribution < -0.4 is 4.74 Å². The molecule has 0 spiro atoms. The number of carboxylic acids is 1. The molecular formula is C34H34ClFN2O4. The van der Waals surface area contributed by atoms with E-state index in [2.05, 4.69) is 4.90 Å². The number of allylic oxidation sites excluding steroid dienone is 1. The molecule has 1 saturated heterocycles. The minimum Gasteiger partial charge on any atom is -0.489 e. The van der Waals surface area contributed by atoms with Gasteiger partial charge >= 0.3 is 5.97 Å². The molecule has 3 aromatic carbocycles. The average molecular weight is 589 g/mol. The molecule has 1 aliphatic carbocycles. The maximum Gasteiger partial charge on any atom is 0.335 e. The van der Waals surface area contributed by atoms with Crippen LogP contribution in [0.25, 0.3) is 11.1 Å². The minimum absolute atomic E-state index is 0.0298. The second-order valence-corrected chi connectivity index (χ2v) is 11.4. The summed E-state index contributed by atoms with van der Waals surface area (Å²) in [4.78, 5) is 27.2. The van der Waals surface area contributed by atoms with Crippen LogP contribution in [0.3, 0.4) is 0 Å². The highest BCUT2D eigenvalue weighted by atomic mass is 35.5. The Balaban J connectivity index is 1.41. The van der Waals surface area contributed by atoms with E-state index in [1.165, 1.54) is 6.07 Å². The van der Waals surface area contributed by atoms with Crippen molar-refractivity contribution in [2.75, 3.05) is 33.7 Å². The van der Waals surface area contributed by atoms with Gasteiger partial charge < -0.3 is 14.7 Å². The van der Waals surface area contributed by atoms with Crippen LogP contribution in [0.5, 0.6) is 5.75 Å². The lowest BCUT2D eigenvalue weighted by Crippen LogP contribution is -2.25. The Labute approximate surface area is 250 Å². The molecule has 1 heterocycles. The maximum atomic E-state index is 15.2. The Bertz CT molecular complexity index is 1550. The van der Waals surface area contributed by atoms with Crippen LogP contribution >= 0.6 is 11.6 Å². The summed E-state index contributed by atoms with van der Waals surface area (Å²) in [7, 11) is 3.46. The number of nitrogens with zero attached hydrogens (tertiary/aromatic N) is 2. The lowest BCUT2D eigenvalue weighted by atomic mass is 9.87. The molecule has 1 fully saturated rings. The Kier molecular flexibility index (Phi) is 9.09. The first-order chi connectivity index (χ1) is 20.2. The number of hydrogen-bond donors (Lipinski definition) is 1. The molecule has 6 nitrogen and oxygen atoms in total. The Morgan fingerprint density at radius 2 is 1.83 bits per heavy atom. The molecule has 0 radical (unpaired) electrons. The van der Waals surface area contributed by atoms with Crippen molar-refractivity contribution in [3.05, 3.63) is 111 Å². The summed E-state index contributed by atoms with van der Waals surface area (Å²) in [6.45, 7) is 2.35. The number of aromatic carboxylic acids is 1. The van der Waals surface area contributed by atoms with E-state index in [0.29, 0.717) is 30.0 Å². The molecule has 0 aromatic heterocycles. The topological polar surface area (TPSA) is 70.1 Å². The van der Waals surface area contributed by atoms with E-state index in [1.54, 1.807) is 49.3 Å². The van der Waals surface area contributed by atoms with Crippen LogP contribution in [-0.2, 0) is 11.2 Å². The number of aryl methyl sites for hydroxylation is 1. The van der Waals surface area contributed by atoms with Crippen LogP contribution in [-0.4, -0.2) is 66.6 Å². The molecule has 0 unspecified atom stereocenters. The van der Waals surface area contributed by atoms with Gasteiger partial charge in [-0.1, -0.05) is 41.9 Å². The maximum absolute atomic E-state index is 15.2. The third kappa shape index (κ3) is 6.75. The molecule has 218 valence electrons. The highest BCUT2D eigenvalue weighted by molar-refractivity contribution is 6.30. The number of rotatable bonds is 8. The van der Waals surface area contributed by atoms with E-state index >= 15 is 4.39 Å². The Hall–Kier alpha value is -3.94. The zero-order valence-corrected chi connectivity index (χ0v) is 24.5. The fraction of sp³-hybridized carbons (Fsp3) is 0.294. The first-order valence-corrected chi connectivity index (χ1v) is 14.5. The Morgan fingerprint density at radius 3 is 2.55 bits per heavy atom. The number of halogens is 2. The minimum atomic E-state index is -0.971. The van der Waals surface area contributed by atoms with E-state index in [1.807, 2.05) is 36.4 Å². The van der Waals surface area contributed by atoms with Crippen molar-refractivity contribution < 1.29 is 23.8 Å². The average Bonchev–Trinajstić information content (AvgIpc) is 3.31. The van der Waals surface area contributed by atoms with Gasteiger partial charge in [0, 0.05) is 50.4 Å². The third-order valence-electron chi connectivity index (χ3n) is 7.79. The molecule has 1 aliphatic heterocycles. The number of carboxylic acid groups (broad SMARTS) is 1. The fourth-order valence-corrected chi connectivity index (χ4v) is 5.82. The molecule has 1 N–H and O–H groups in total. The van der Waals surface area contributed by atoms with Crippen molar-refractivity contribution in [1.82, 2.24) is 9.80 Å². The summed E-state index contributed by atoms with van der Waals surface area (Å²) in [5.74, 6) is -0.634. The van der Waals surface area contributed by atoms with E-state index in [9.17, 15) is 14.7 Å². The first kappa shape index (κ1) is 29.5. The first-order valence-electron chi connectivity index (χ1n) is 14.1. The summed E-state index contributed by atoms with van der Waals surface area (Å²) < 4.78 is 21.5. The second kappa shape index (κ2) is 12.9. The normalized spacial score (nSPS) is 17.3. The van der Waals surface area contributed by atoms with Crippen LogP contribution in [0.15, 0.2) is 72.8 Å². The van der Waals surface area contributed by atoms with Crippen molar-refractivity contribution in [3.63, 3.8) is 0 Å². The van der Waals surface area contributed by atoms with E-state index in [0.717, 1.165) is 59.5 Å². The van der Waals surface area contributed by atoms with Crippen molar-refractivity contribution >= 4 is 34.6 Å².